The molecule has 1 N–H and O–H groups in total. The number of rotatable bonds is 3. The molecule has 0 radical (unpaired) electrons. The third-order valence-corrected chi connectivity index (χ3v) is 3.36. The minimum Gasteiger partial charge on any atom is -0.393 e. The summed E-state index contributed by atoms with van der Waals surface area (Å²) >= 11 is 1.88. The highest BCUT2D eigenvalue weighted by atomic mass is 32.2. The predicted molar refractivity (Wildman–Crippen MR) is 48.0 cm³/mol. The van der Waals surface area contributed by atoms with Crippen molar-refractivity contribution in [3.8, 4) is 0 Å². The average molecular weight is 176 g/mol. The summed E-state index contributed by atoms with van der Waals surface area (Å²) in [5.74, 6) is 0.866. The standard InChI is InChI=1S/C8H16O2S/c1-7(9)6-11-8-2-4-10-5-3-8/h7-9H,2-6H2,1H3. The highest BCUT2D eigenvalue weighted by Gasteiger charge is 2.14. The zero-order chi connectivity index (χ0) is 8.10. The van der Waals surface area contributed by atoms with Crippen LogP contribution in [0, 0.1) is 0 Å². The molecule has 1 heterocycles. The molecule has 1 rings (SSSR count). The molecule has 66 valence electrons. The van der Waals surface area contributed by atoms with Gasteiger partial charge in [0.25, 0.3) is 0 Å². The molecule has 2 nitrogen and oxygen atoms in total. The Morgan fingerprint density at radius 2 is 2.18 bits per heavy atom. The number of aliphatic hydroxyl groups excluding tert-OH is 1. The van der Waals surface area contributed by atoms with Gasteiger partial charge in [-0.3, -0.25) is 0 Å². The maximum absolute atomic E-state index is 9.03. The smallest absolute Gasteiger partial charge is 0.0602 e. The average Bonchev–Trinajstić information content (AvgIpc) is 2.03. The van der Waals surface area contributed by atoms with E-state index in [0.717, 1.165) is 37.1 Å². The summed E-state index contributed by atoms with van der Waals surface area (Å²) in [5, 5.41) is 9.75. The predicted octanol–water partition coefficient (Wildman–Crippen LogP) is 1.28. The summed E-state index contributed by atoms with van der Waals surface area (Å²) in [6.45, 7) is 3.64. The van der Waals surface area contributed by atoms with Gasteiger partial charge in [-0.2, -0.15) is 11.8 Å². The fraction of sp³-hybridized carbons (Fsp3) is 1.00. The summed E-state index contributed by atoms with van der Waals surface area (Å²) in [6, 6.07) is 0. The molecule has 0 amide bonds. The first-order chi connectivity index (χ1) is 5.29. The van der Waals surface area contributed by atoms with Gasteiger partial charge in [0.1, 0.15) is 0 Å². The van der Waals surface area contributed by atoms with E-state index < -0.39 is 0 Å². The van der Waals surface area contributed by atoms with E-state index in [1.807, 2.05) is 18.7 Å². The molecule has 0 aliphatic carbocycles. The first-order valence-electron chi connectivity index (χ1n) is 4.16. The van der Waals surface area contributed by atoms with Crippen LogP contribution in [-0.4, -0.2) is 35.4 Å². The van der Waals surface area contributed by atoms with E-state index in [4.69, 9.17) is 9.84 Å². The van der Waals surface area contributed by atoms with Gasteiger partial charge in [0.15, 0.2) is 0 Å². The Kier molecular flexibility index (Phi) is 4.26. The van der Waals surface area contributed by atoms with E-state index in [0.29, 0.717) is 0 Å². The molecule has 0 bridgehead atoms. The fourth-order valence-corrected chi connectivity index (χ4v) is 2.19. The third kappa shape index (κ3) is 3.99. The van der Waals surface area contributed by atoms with Gasteiger partial charge in [-0.15, -0.1) is 0 Å². The molecule has 0 aromatic carbocycles. The molecule has 0 aromatic heterocycles. The zero-order valence-electron chi connectivity index (χ0n) is 6.95. The lowest BCUT2D eigenvalue weighted by atomic mass is 10.2. The first-order valence-corrected chi connectivity index (χ1v) is 5.21. The van der Waals surface area contributed by atoms with E-state index in [2.05, 4.69) is 0 Å². The summed E-state index contributed by atoms with van der Waals surface area (Å²) in [6.07, 6.45) is 2.14. The van der Waals surface area contributed by atoms with Gasteiger partial charge in [0.05, 0.1) is 6.10 Å². The van der Waals surface area contributed by atoms with Crippen LogP contribution in [0.2, 0.25) is 0 Å². The van der Waals surface area contributed by atoms with Crippen molar-refractivity contribution in [2.45, 2.75) is 31.1 Å². The van der Waals surface area contributed by atoms with Crippen molar-refractivity contribution in [2.24, 2.45) is 0 Å². The fourth-order valence-electron chi connectivity index (χ4n) is 1.12. The van der Waals surface area contributed by atoms with Gasteiger partial charge in [0, 0.05) is 24.2 Å². The molecule has 1 aliphatic rings. The SMILES string of the molecule is CC(O)CSC1CCOCC1. The summed E-state index contributed by atoms with van der Waals surface area (Å²) in [4.78, 5) is 0. The van der Waals surface area contributed by atoms with Crippen LogP contribution in [0.25, 0.3) is 0 Å². The normalized spacial score (nSPS) is 23.5. The van der Waals surface area contributed by atoms with Crippen LogP contribution >= 0.6 is 11.8 Å². The van der Waals surface area contributed by atoms with E-state index >= 15 is 0 Å². The molecule has 1 saturated heterocycles. The molecule has 0 aromatic rings. The van der Waals surface area contributed by atoms with E-state index in [9.17, 15) is 0 Å². The summed E-state index contributed by atoms with van der Waals surface area (Å²) < 4.78 is 5.23. The number of ether oxygens (including phenoxy) is 1. The Labute approximate surface area is 72.3 Å². The Bertz CT molecular complexity index is 100. The van der Waals surface area contributed by atoms with Gasteiger partial charge < -0.3 is 9.84 Å². The minimum atomic E-state index is -0.164. The van der Waals surface area contributed by atoms with Crippen LogP contribution in [0.4, 0.5) is 0 Å². The second kappa shape index (κ2) is 5.01. The maximum atomic E-state index is 9.03. The molecule has 1 atom stereocenters. The first kappa shape index (κ1) is 9.36. The molecule has 11 heavy (non-hydrogen) atoms. The van der Waals surface area contributed by atoms with Crippen molar-refractivity contribution in [2.75, 3.05) is 19.0 Å². The Morgan fingerprint density at radius 3 is 2.73 bits per heavy atom. The molecular formula is C8H16O2S. The Morgan fingerprint density at radius 1 is 1.55 bits per heavy atom. The highest BCUT2D eigenvalue weighted by Crippen LogP contribution is 2.22. The van der Waals surface area contributed by atoms with Gasteiger partial charge in [0.2, 0.25) is 0 Å². The molecule has 1 unspecified atom stereocenters. The molecule has 1 aliphatic heterocycles. The van der Waals surface area contributed by atoms with E-state index in [1.165, 1.54) is 0 Å². The van der Waals surface area contributed by atoms with Gasteiger partial charge in [-0.1, -0.05) is 0 Å². The molecule has 1 fully saturated rings. The Hall–Kier alpha value is 0.270. The largest absolute Gasteiger partial charge is 0.393 e. The van der Waals surface area contributed by atoms with E-state index in [-0.39, 0.29) is 6.10 Å². The second-order valence-corrected chi connectivity index (χ2v) is 4.33. The van der Waals surface area contributed by atoms with Crippen LogP contribution in [0.3, 0.4) is 0 Å². The van der Waals surface area contributed by atoms with Crippen LogP contribution in [0.5, 0.6) is 0 Å². The van der Waals surface area contributed by atoms with Crippen LogP contribution in [0.15, 0.2) is 0 Å². The third-order valence-electron chi connectivity index (χ3n) is 1.74. The van der Waals surface area contributed by atoms with Gasteiger partial charge >= 0.3 is 0 Å². The number of hydrogen-bond acceptors (Lipinski definition) is 3. The lowest BCUT2D eigenvalue weighted by Crippen LogP contribution is -2.19. The lowest BCUT2D eigenvalue weighted by molar-refractivity contribution is 0.0998. The van der Waals surface area contributed by atoms with Crippen molar-refractivity contribution >= 4 is 11.8 Å². The molecular weight excluding hydrogens is 160 g/mol. The number of aliphatic hydroxyl groups is 1. The van der Waals surface area contributed by atoms with Crippen molar-refractivity contribution in [1.82, 2.24) is 0 Å². The molecule has 3 heteroatoms. The molecule has 0 spiro atoms. The quantitative estimate of drug-likeness (QED) is 0.702. The highest BCUT2D eigenvalue weighted by molar-refractivity contribution is 7.99. The lowest BCUT2D eigenvalue weighted by Gasteiger charge is -2.21. The zero-order valence-corrected chi connectivity index (χ0v) is 7.77. The van der Waals surface area contributed by atoms with Crippen molar-refractivity contribution in [3.63, 3.8) is 0 Å². The van der Waals surface area contributed by atoms with Gasteiger partial charge in [-0.25, -0.2) is 0 Å². The Balaban J connectivity index is 2.05. The number of hydrogen-bond donors (Lipinski definition) is 1. The van der Waals surface area contributed by atoms with Crippen LogP contribution in [-0.2, 0) is 4.74 Å². The van der Waals surface area contributed by atoms with Crippen molar-refractivity contribution in [3.05, 3.63) is 0 Å². The maximum Gasteiger partial charge on any atom is 0.0602 e. The molecule has 0 saturated carbocycles. The van der Waals surface area contributed by atoms with E-state index in [1.54, 1.807) is 0 Å². The monoisotopic (exact) mass is 176 g/mol. The van der Waals surface area contributed by atoms with Crippen molar-refractivity contribution in [1.29, 1.82) is 0 Å². The minimum absolute atomic E-state index is 0.164. The second-order valence-electron chi connectivity index (χ2n) is 2.99. The number of thioether (sulfide) groups is 1. The summed E-state index contributed by atoms with van der Waals surface area (Å²) in [5.41, 5.74) is 0. The van der Waals surface area contributed by atoms with Crippen LogP contribution in [0.1, 0.15) is 19.8 Å². The van der Waals surface area contributed by atoms with Gasteiger partial charge in [-0.05, 0) is 19.8 Å². The summed E-state index contributed by atoms with van der Waals surface area (Å²) in [7, 11) is 0. The topological polar surface area (TPSA) is 29.5 Å². The van der Waals surface area contributed by atoms with Crippen LogP contribution < -0.4 is 0 Å². The van der Waals surface area contributed by atoms with Crippen molar-refractivity contribution < 1.29 is 9.84 Å².